The Kier molecular flexibility index (Phi) is 6.96. The molecule has 0 aliphatic carbocycles. The van der Waals surface area contributed by atoms with Gasteiger partial charge in [-0.15, -0.1) is 0 Å². The van der Waals surface area contributed by atoms with Gasteiger partial charge in [-0.3, -0.25) is 9.10 Å². The van der Waals surface area contributed by atoms with E-state index in [2.05, 4.69) is 19.2 Å². The van der Waals surface area contributed by atoms with Crippen LogP contribution in [0, 0.1) is 0 Å². The molecule has 0 fully saturated rings. The minimum Gasteiger partial charge on any atom is -0.495 e. The highest BCUT2D eigenvalue weighted by molar-refractivity contribution is 7.92. The zero-order valence-electron chi connectivity index (χ0n) is 16.6. The van der Waals surface area contributed by atoms with Crippen molar-refractivity contribution < 1.29 is 17.9 Å². The van der Waals surface area contributed by atoms with Crippen molar-refractivity contribution in [3.8, 4) is 5.75 Å². The molecule has 8 heteroatoms. The third-order valence-electron chi connectivity index (χ3n) is 4.32. The molecule has 1 N–H and O–H groups in total. The second-order valence-corrected chi connectivity index (χ2v) is 9.09. The number of hydrogen-bond acceptors (Lipinski definition) is 4. The molecular weight excluding hydrogens is 400 g/mol. The predicted octanol–water partition coefficient (Wildman–Crippen LogP) is 4.27. The van der Waals surface area contributed by atoms with Crippen LogP contribution in [0.2, 0.25) is 5.02 Å². The van der Waals surface area contributed by atoms with E-state index in [9.17, 15) is 13.2 Å². The van der Waals surface area contributed by atoms with E-state index in [1.807, 2.05) is 12.1 Å². The van der Waals surface area contributed by atoms with Gasteiger partial charge in [-0.2, -0.15) is 0 Å². The number of halogens is 1. The number of amides is 1. The Balaban J connectivity index is 2.28. The number of nitrogens with zero attached hydrogens (tertiary/aromatic N) is 1. The van der Waals surface area contributed by atoms with Crippen LogP contribution in [-0.2, 0) is 14.8 Å². The molecule has 0 saturated carbocycles. The lowest BCUT2D eigenvalue weighted by molar-refractivity contribution is -0.116. The zero-order chi connectivity index (χ0) is 21.1. The lowest BCUT2D eigenvalue weighted by atomic mass is 10.0. The number of benzene rings is 2. The smallest absolute Gasteiger partial charge is 0.247 e. The molecule has 1 atom stereocenters. The second-order valence-electron chi connectivity index (χ2n) is 6.82. The number of rotatable bonds is 7. The summed E-state index contributed by atoms with van der Waals surface area (Å²) in [5, 5.41) is 3.02. The molecule has 0 aliphatic rings. The number of nitrogens with one attached hydrogen (secondary N) is 1. The summed E-state index contributed by atoms with van der Waals surface area (Å²) in [7, 11) is -2.27. The minimum absolute atomic E-state index is 0.255. The lowest BCUT2D eigenvalue weighted by Gasteiger charge is -2.28. The van der Waals surface area contributed by atoms with E-state index in [4.69, 9.17) is 16.3 Å². The molecule has 0 unspecified atom stereocenters. The van der Waals surface area contributed by atoms with Crippen molar-refractivity contribution in [2.45, 2.75) is 32.7 Å². The highest BCUT2D eigenvalue weighted by Crippen LogP contribution is 2.31. The standard InChI is InChI=1S/C20H25ClN2O4S/c1-13(2)15-6-8-16(9-7-15)22-20(24)14(3)23(28(5,25)26)17-10-11-19(27-4)18(21)12-17/h6-14H,1-5H3,(H,22,24)/t14-/m1/s1. The average molecular weight is 425 g/mol. The molecular formula is C20H25ClN2O4S. The van der Waals surface area contributed by atoms with Gasteiger partial charge in [0.1, 0.15) is 11.8 Å². The van der Waals surface area contributed by atoms with Gasteiger partial charge in [0.15, 0.2) is 0 Å². The molecule has 28 heavy (non-hydrogen) atoms. The van der Waals surface area contributed by atoms with Crippen LogP contribution in [0.15, 0.2) is 42.5 Å². The van der Waals surface area contributed by atoms with E-state index in [0.717, 1.165) is 16.1 Å². The first-order valence-electron chi connectivity index (χ1n) is 8.78. The Hall–Kier alpha value is -2.25. The first-order chi connectivity index (χ1) is 13.0. The van der Waals surface area contributed by atoms with Crippen LogP contribution >= 0.6 is 11.6 Å². The van der Waals surface area contributed by atoms with Crippen LogP contribution in [-0.4, -0.2) is 33.7 Å². The Morgan fingerprint density at radius 1 is 1.11 bits per heavy atom. The van der Waals surface area contributed by atoms with Crippen molar-refractivity contribution in [3.63, 3.8) is 0 Å². The van der Waals surface area contributed by atoms with Crippen molar-refractivity contribution in [1.29, 1.82) is 0 Å². The fourth-order valence-electron chi connectivity index (χ4n) is 2.80. The number of ether oxygens (including phenoxy) is 1. The molecule has 0 aliphatic heterocycles. The SMILES string of the molecule is COc1ccc(N([C@H](C)C(=O)Nc2ccc(C(C)C)cc2)S(C)(=O)=O)cc1Cl. The van der Waals surface area contributed by atoms with Gasteiger partial charge < -0.3 is 10.1 Å². The Morgan fingerprint density at radius 2 is 1.71 bits per heavy atom. The topological polar surface area (TPSA) is 75.7 Å². The number of methoxy groups -OCH3 is 1. The molecule has 0 saturated heterocycles. The maximum atomic E-state index is 12.7. The predicted molar refractivity (Wildman–Crippen MR) is 114 cm³/mol. The van der Waals surface area contributed by atoms with Gasteiger partial charge >= 0.3 is 0 Å². The third-order valence-corrected chi connectivity index (χ3v) is 5.86. The maximum Gasteiger partial charge on any atom is 0.247 e. The van der Waals surface area contributed by atoms with Crippen molar-refractivity contribution in [2.24, 2.45) is 0 Å². The minimum atomic E-state index is -3.74. The molecule has 0 spiro atoms. The van der Waals surface area contributed by atoms with Crippen molar-refractivity contribution in [1.82, 2.24) is 0 Å². The van der Waals surface area contributed by atoms with E-state index in [-0.39, 0.29) is 10.7 Å². The zero-order valence-corrected chi connectivity index (χ0v) is 18.1. The van der Waals surface area contributed by atoms with Crippen LogP contribution in [0.5, 0.6) is 5.75 Å². The molecule has 1 amide bonds. The summed E-state index contributed by atoms with van der Waals surface area (Å²) in [6.07, 6.45) is 1.05. The van der Waals surface area contributed by atoms with Gasteiger partial charge in [0, 0.05) is 5.69 Å². The molecule has 0 aromatic heterocycles. The van der Waals surface area contributed by atoms with Crippen molar-refractivity contribution >= 4 is 38.9 Å². The van der Waals surface area contributed by atoms with Gasteiger partial charge in [-0.25, -0.2) is 8.42 Å². The molecule has 2 aromatic carbocycles. The molecule has 6 nitrogen and oxygen atoms in total. The van der Waals surface area contributed by atoms with Crippen LogP contribution in [0.3, 0.4) is 0 Å². The molecule has 0 radical (unpaired) electrons. The maximum absolute atomic E-state index is 12.7. The molecule has 0 bridgehead atoms. The summed E-state index contributed by atoms with van der Waals surface area (Å²) in [6, 6.07) is 11.1. The molecule has 2 rings (SSSR count). The van der Waals surface area contributed by atoms with E-state index >= 15 is 0 Å². The average Bonchev–Trinajstić information content (AvgIpc) is 2.61. The summed E-state index contributed by atoms with van der Waals surface area (Å²) >= 11 is 6.13. The number of anilines is 2. The number of sulfonamides is 1. The Bertz CT molecular complexity index is 943. The fraction of sp³-hybridized carbons (Fsp3) is 0.350. The monoisotopic (exact) mass is 424 g/mol. The van der Waals surface area contributed by atoms with Crippen LogP contribution in [0.1, 0.15) is 32.3 Å². The van der Waals surface area contributed by atoms with Gasteiger partial charge in [0.25, 0.3) is 0 Å². The van der Waals surface area contributed by atoms with Crippen LogP contribution in [0.4, 0.5) is 11.4 Å². The number of carbonyl (C=O) groups excluding carboxylic acids is 1. The Morgan fingerprint density at radius 3 is 2.18 bits per heavy atom. The highest BCUT2D eigenvalue weighted by Gasteiger charge is 2.29. The van der Waals surface area contributed by atoms with E-state index in [0.29, 0.717) is 17.4 Å². The largest absolute Gasteiger partial charge is 0.495 e. The summed E-state index contributed by atoms with van der Waals surface area (Å²) in [5.74, 6) is 0.347. The van der Waals surface area contributed by atoms with Gasteiger partial charge in [-0.05, 0) is 48.7 Å². The van der Waals surface area contributed by atoms with E-state index < -0.39 is 22.0 Å². The van der Waals surface area contributed by atoms with Crippen LogP contribution < -0.4 is 14.4 Å². The quantitative estimate of drug-likeness (QED) is 0.720. The first kappa shape index (κ1) is 22.0. The van der Waals surface area contributed by atoms with E-state index in [1.54, 1.807) is 24.3 Å². The molecule has 152 valence electrons. The summed E-state index contributed by atoms with van der Waals surface area (Å²) in [5.41, 5.74) is 2.03. The second kappa shape index (κ2) is 8.84. The van der Waals surface area contributed by atoms with Gasteiger partial charge in [0.05, 0.1) is 24.1 Å². The lowest BCUT2D eigenvalue weighted by Crippen LogP contribution is -2.45. The fourth-order valence-corrected chi connectivity index (χ4v) is 4.22. The van der Waals surface area contributed by atoms with Crippen molar-refractivity contribution in [2.75, 3.05) is 23.0 Å². The van der Waals surface area contributed by atoms with E-state index in [1.165, 1.54) is 20.1 Å². The summed E-state index contributed by atoms with van der Waals surface area (Å²) in [4.78, 5) is 12.7. The van der Waals surface area contributed by atoms with Crippen LogP contribution in [0.25, 0.3) is 0 Å². The summed E-state index contributed by atoms with van der Waals surface area (Å²) < 4.78 is 30.9. The first-order valence-corrected chi connectivity index (χ1v) is 11.0. The Labute approximate surface area is 171 Å². The van der Waals surface area contributed by atoms with Gasteiger partial charge in [0.2, 0.25) is 15.9 Å². The third kappa shape index (κ3) is 5.17. The highest BCUT2D eigenvalue weighted by atomic mass is 35.5. The van der Waals surface area contributed by atoms with Gasteiger partial charge in [-0.1, -0.05) is 37.6 Å². The molecule has 0 heterocycles. The van der Waals surface area contributed by atoms with Crippen molar-refractivity contribution in [3.05, 3.63) is 53.1 Å². The number of hydrogen-bond donors (Lipinski definition) is 1. The summed E-state index contributed by atoms with van der Waals surface area (Å²) in [6.45, 7) is 5.69. The molecule has 2 aromatic rings. The number of carbonyl (C=O) groups is 1. The normalized spacial score (nSPS) is 12.5.